The maximum absolute atomic E-state index is 11.7. The van der Waals surface area contributed by atoms with Gasteiger partial charge < -0.3 is 10.2 Å². The third-order valence-electron chi connectivity index (χ3n) is 3.99. The van der Waals surface area contributed by atoms with Crippen LogP contribution in [0.15, 0.2) is 36.4 Å². The summed E-state index contributed by atoms with van der Waals surface area (Å²) in [5, 5.41) is 3.97. The molecule has 1 heterocycles. The van der Waals surface area contributed by atoms with Crippen molar-refractivity contribution < 1.29 is 4.79 Å². The molecular weight excluding hydrogens is 343 g/mol. The van der Waals surface area contributed by atoms with Crippen LogP contribution in [0.1, 0.15) is 31.2 Å². The number of hydrogen-bond donors (Lipinski definition) is 1. The second-order valence-electron chi connectivity index (χ2n) is 5.94. The first-order valence-corrected chi connectivity index (χ1v) is 9.21. The van der Waals surface area contributed by atoms with Gasteiger partial charge in [0, 0.05) is 12.6 Å². The maximum atomic E-state index is 11.7. The van der Waals surface area contributed by atoms with Gasteiger partial charge in [-0.15, -0.1) is 0 Å². The fourth-order valence-corrected chi connectivity index (χ4v) is 2.99. The summed E-state index contributed by atoms with van der Waals surface area (Å²) >= 11 is 11.8. The lowest BCUT2D eigenvalue weighted by Crippen LogP contribution is -2.33. The molecule has 1 aliphatic rings. The lowest BCUT2D eigenvalue weighted by Gasteiger charge is -2.26. The summed E-state index contributed by atoms with van der Waals surface area (Å²) < 4.78 is 0. The molecule has 24 heavy (non-hydrogen) atoms. The Morgan fingerprint density at radius 2 is 1.92 bits per heavy atom. The summed E-state index contributed by atoms with van der Waals surface area (Å²) in [5.74, 6) is -0.0626. The minimum Gasteiger partial charge on any atom is -0.353 e. The van der Waals surface area contributed by atoms with E-state index in [0.29, 0.717) is 10.0 Å². The van der Waals surface area contributed by atoms with Crippen molar-refractivity contribution in [3.8, 4) is 0 Å². The van der Waals surface area contributed by atoms with E-state index in [2.05, 4.69) is 10.2 Å². The van der Waals surface area contributed by atoms with E-state index in [4.69, 9.17) is 23.2 Å². The molecule has 130 valence electrons. The van der Waals surface area contributed by atoms with Crippen molar-refractivity contribution in [3.05, 3.63) is 52.0 Å². The Bertz CT molecular complexity index is 593. The number of carbonyl (C=O) groups excluding carboxylic acids is 1. The summed E-state index contributed by atoms with van der Waals surface area (Å²) in [6.07, 6.45) is 11.9. The zero-order valence-corrected chi connectivity index (χ0v) is 15.3. The fourth-order valence-electron chi connectivity index (χ4n) is 2.68. The van der Waals surface area contributed by atoms with Gasteiger partial charge in [0.15, 0.2) is 0 Å². The first-order valence-electron chi connectivity index (χ1n) is 8.45. The van der Waals surface area contributed by atoms with Crippen molar-refractivity contribution in [1.82, 2.24) is 10.2 Å². The second kappa shape index (κ2) is 10.5. The smallest absolute Gasteiger partial charge is 0.243 e. The molecule has 5 heteroatoms. The molecule has 2 rings (SSSR count). The van der Waals surface area contributed by atoms with Crippen molar-refractivity contribution in [1.29, 1.82) is 0 Å². The molecule has 1 aromatic carbocycles. The van der Waals surface area contributed by atoms with Crippen LogP contribution < -0.4 is 5.32 Å². The Morgan fingerprint density at radius 1 is 1.12 bits per heavy atom. The van der Waals surface area contributed by atoms with Gasteiger partial charge in [0.1, 0.15) is 0 Å². The lowest BCUT2D eigenvalue weighted by atomic mass is 10.1. The highest BCUT2D eigenvalue weighted by molar-refractivity contribution is 6.42. The monoisotopic (exact) mass is 366 g/mol. The molecule has 1 fully saturated rings. The van der Waals surface area contributed by atoms with Crippen LogP contribution in [0.25, 0.3) is 6.08 Å². The predicted molar refractivity (Wildman–Crippen MR) is 103 cm³/mol. The standard InChI is InChI=1S/C19H24Cl2N2O/c20-17-10-9-16(15-18(17)21)7-2-3-8-19(24)22-11-6-14-23-12-4-1-5-13-23/h2-3,7-10,15H,1,4-6,11-14H2,(H,22,24)/b7-2+,8-3+. The summed E-state index contributed by atoms with van der Waals surface area (Å²) in [6, 6.07) is 5.41. The minimum atomic E-state index is -0.0626. The molecular formula is C19H24Cl2N2O. The molecule has 0 saturated carbocycles. The van der Waals surface area contributed by atoms with Crippen LogP contribution in [-0.2, 0) is 4.79 Å². The largest absolute Gasteiger partial charge is 0.353 e. The third kappa shape index (κ3) is 7.08. The number of amides is 1. The van der Waals surface area contributed by atoms with Gasteiger partial charge in [0.05, 0.1) is 10.0 Å². The van der Waals surface area contributed by atoms with E-state index >= 15 is 0 Å². The van der Waals surface area contributed by atoms with E-state index in [-0.39, 0.29) is 5.91 Å². The van der Waals surface area contributed by atoms with E-state index in [1.165, 1.54) is 38.4 Å². The Kier molecular flexibility index (Phi) is 8.37. The van der Waals surface area contributed by atoms with Gasteiger partial charge in [-0.1, -0.05) is 53.9 Å². The average molecular weight is 367 g/mol. The maximum Gasteiger partial charge on any atom is 0.243 e. The molecule has 1 aliphatic heterocycles. The van der Waals surface area contributed by atoms with Crippen molar-refractivity contribution in [3.63, 3.8) is 0 Å². The zero-order chi connectivity index (χ0) is 17.2. The molecule has 0 bridgehead atoms. The van der Waals surface area contributed by atoms with E-state index in [1.54, 1.807) is 18.2 Å². The molecule has 0 unspecified atom stereocenters. The molecule has 3 nitrogen and oxygen atoms in total. The van der Waals surface area contributed by atoms with Gasteiger partial charge in [-0.25, -0.2) is 0 Å². The van der Waals surface area contributed by atoms with Crippen LogP contribution in [0.3, 0.4) is 0 Å². The van der Waals surface area contributed by atoms with Gasteiger partial charge in [0.25, 0.3) is 0 Å². The Labute approximate surface area is 154 Å². The number of carbonyl (C=O) groups is 1. The topological polar surface area (TPSA) is 32.3 Å². The number of likely N-dealkylation sites (tertiary alicyclic amines) is 1. The first-order chi connectivity index (χ1) is 11.6. The highest BCUT2D eigenvalue weighted by Gasteiger charge is 2.08. The van der Waals surface area contributed by atoms with E-state index in [0.717, 1.165) is 25.1 Å². The van der Waals surface area contributed by atoms with Gasteiger partial charge in [0.2, 0.25) is 5.91 Å². The minimum absolute atomic E-state index is 0.0626. The molecule has 1 aromatic rings. The number of hydrogen-bond acceptors (Lipinski definition) is 2. The van der Waals surface area contributed by atoms with Crippen LogP contribution in [0, 0.1) is 0 Å². The SMILES string of the molecule is O=C(/C=C/C=C/c1ccc(Cl)c(Cl)c1)NCCCN1CCCCC1. The molecule has 0 radical (unpaired) electrons. The van der Waals surface area contributed by atoms with Gasteiger partial charge in [-0.05, 0) is 56.6 Å². The fraction of sp³-hybridized carbons (Fsp3) is 0.421. The average Bonchev–Trinajstić information content (AvgIpc) is 2.59. The summed E-state index contributed by atoms with van der Waals surface area (Å²) in [6.45, 7) is 4.19. The van der Waals surface area contributed by atoms with Crippen LogP contribution in [0.2, 0.25) is 10.0 Å². The number of benzene rings is 1. The van der Waals surface area contributed by atoms with Crippen molar-refractivity contribution >= 4 is 35.2 Å². The van der Waals surface area contributed by atoms with Crippen LogP contribution in [0.4, 0.5) is 0 Å². The Balaban J connectivity index is 1.63. The zero-order valence-electron chi connectivity index (χ0n) is 13.8. The van der Waals surface area contributed by atoms with E-state index < -0.39 is 0 Å². The Morgan fingerprint density at radius 3 is 2.67 bits per heavy atom. The number of halogens is 2. The van der Waals surface area contributed by atoms with Gasteiger partial charge in [-0.2, -0.15) is 0 Å². The van der Waals surface area contributed by atoms with Crippen LogP contribution >= 0.6 is 23.2 Å². The molecule has 1 saturated heterocycles. The third-order valence-corrected chi connectivity index (χ3v) is 4.73. The predicted octanol–water partition coefficient (Wildman–Crippen LogP) is 4.56. The van der Waals surface area contributed by atoms with Crippen molar-refractivity contribution in [2.75, 3.05) is 26.2 Å². The van der Waals surface area contributed by atoms with E-state index in [9.17, 15) is 4.79 Å². The molecule has 0 aromatic heterocycles. The number of nitrogens with one attached hydrogen (secondary N) is 1. The summed E-state index contributed by atoms with van der Waals surface area (Å²) in [7, 11) is 0. The lowest BCUT2D eigenvalue weighted by molar-refractivity contribution is -0.116. The number of nitrogens with zero attached hydrogens (tertiary/aromatic N) is 1. The van der Waals surface area contributed by atoms with Gasteiger partial charge >= 0.3 is 0 Å². The number of allylic oxidation sites excluding steroid dienone is 2. The Hall–Kier alpha value is -1.29. The van der Waals surface area contributed by atoms with Crippen molar-refractivity contribution in [2.45, 2.75) is 25.7 Å². The highest BCUT2D eigenvalue weighted by Crippen LogP contribution is 2.23. The quantitative estimate of drug-likeness (QED) is 0.436. The number of rotatable bonds is 7. The normalized spacial score (nSPS) is 16.1. The second-order valence-corrected chi connectivity index (χ2v) is 6.75. The summed E-state index contributed by atoms with van der Waals surface area (Å²) in [4.78, 5) is 14.2. The first kappa shape index (κ1) is 19.0. The molecule has 1 N–H and O–H groups in total. The van der Waals surface area contributed by atoms with Gasteiger partial charge in [-0.3, -0.25) is 4.79 Å². The molecule has 0 aliphatic carbocycles. The highest BCUT2D eigenvalue weighted by atomic mass is 35.5. The molecule has 0 atom stereocenters. The van der Waals surface area contributed by atoms with Crippen molar-refractivity contribution in [2.24, 2.45) is 0 Å². The van der Waals surface area contributed by atoms with Crippen LogP contribution in [-0.4, -0.2) is 37.0 Å². The molecule has 1 amide bonds. The molecule has 0 spiro atoms. The summed E-state index contributed by atoms with van der Waals surface area (Å²) in [5.41, 5.74) is 0.941. The van der Waals surface area contributed by atoms with E-state index in [1.807, 2.05) is 18.2 Å². The van der Waals surface area contributed by atoms with Crippen LogP contribution in [0.5, 0.6) is 0 Å². The number of piperidine rings is 1.